The number of rotatable bonds is 14. The van der Waals surface area contributed by atoms with Crippen molar-refractivity contribution >= 4 is 24.2 Å². The molecule has 3 amide bonds. The number of benzene rings is 1. The molecule has 0 spiro atoms. The van der Waals surface area contributed by atoms with E-state index in [1.54, 1.807) is 25.2 Å². The van der Waals surface area contributed by atoms with Gasteiger partial charge in [-0.05, 0) is 63.9 Å². The van der Waals surface area contributed by atoms with Crippen molar-refractivity contribution in [1.29, 1.82) is 0 Å². The Kier molecular flexibility index (Phi) is 10.4. The number of likely N-dealkylation sites (tertiary alicyclic amines) is 1. The number of amides is 3. The number of β-lactam (4-membered cyclic amide) rings is 1. The molecule has 1 aliphatic heterocycles. The number of ether oxygens (including phenoxy) is 1. The summed E-state index contributed by atoms with van der Waals surface area (Å²) in [5.41, 5.74) is -1.44. The number of carbonyl (C=O) groups is 4. The molecule has 2 N–H and O–H groups in total. The van der Waals surface area contributed by atoms with Crippen molar-refractivity contribution in [2.24, 2.45) is 10.8 Å². The second-order valence-electron chi connectivity index (χ2n) is 11.6. The SMILES string of the molecule is CCC[C@H](NC(=O)N1C(=O)C(CC)(CC)[C@@H]1OC1=C[C@@](CC=O)(N(CC)CC)[C@](C)(C(=O)O)C=C1)c1ccc(C)cc1. The van der Waals surface area contributed by atoms with Gasteiger partial charge in [-0.3, -0.25) is 14.5 Å². The van der Waals surface area contributed by atoms with Gasteiger partial charge in [-0.1, -0.05) is 76.9 Å². The van der Waals surface area contributed by atoms with Crippen LogP contribution in [0.15, 0.2) is 48.3 Å². The van der Waals surface area contributed by atoms with Crippen LogP contribution in [0.3, 0.4) is 0 Å². The number of carbonyl (C=O) groups excluding carboxylic acids is 3. The summed E-state index contributed by atoms with van der Waals surface area (Å²) in [7, 11) is 0. The number of urea groups is 1. The van der Waals surface area contributed by atoms with E-state index in [-0.39, 0.29) is 18.4 Å². The minimum atomic E-state index is -1.41. The summed E-state index contributed by atoms with van der Waals surface area (Å²) in [5, 5.41) is 13.4. The van der Waals surface area contributed by atoms with Gasteiger partial charge in [0.05, 0.1) is 11.6 Å². The molecule has 0 bridgehead atoms. The van der Waals surface area contributed by atoms with E-state index in [4.69, 9.17) is 4.74 Å². The lowest BCUT2D eigenvalue weighted by atomic mass is 9.65. The summed E-state index contributed by atoms with van der Waals surface area (Å²) < 4.78 is 6.49. The quantitative estimate of drug-likeness (QED) is 0.212. The Balaban J connectivity index is 2.01. The zero-order valence-corrected chi connectivity index (χ0v) is 26.1. The Morgan fingerprint density at radius 1 is 1.12 bits per heavy atom. The Morgan fingerprint density at radius 2 is 1.74 bits per heavy atom. The number of aliphatic carboxylic acids is 1. The van der Waals surface area contributed by atoms with Gasteiger partial charge in [0.2, 0.25) is 5.91 Å². The average Bonchev–Trinajstić information content (AvgIpc) is 2.96. The van der Waals surface area contributed by atoms with Gasteiger partial charge in [-0.2, -0.15) is 0 Å². The van der Waals surface area contributed by atoms with E-state index in [2.05, 4.69) is 5.32 Å². The van der Waals surface area contributed by atoms with E-state index < -0.39 is 34.6 Å². The Morgan fingerprint density at radius 3 is 2.24 bits per heavy atom. The highest BCUT2D eigenvalue weighted by molar-refractivity contribution is 6.03. The summed E-state index contributed by atoms with van der Waals surface area (Å²) in [5.74, 6) is -1.03. The van der Waals surface area contributed by atoms with Crippen LogP contribution in [-0.4, -0.2) is 64.0 Å². The first-order chi connectivity index (χ1) is 19.9. The highest BCUT2D eigenvalue weighted by atomic mass is 16.5. The van der Waals surface area contributed by atoms with E-state index in [0.29, 0.717) is 38.1 Å². The van der Waals surface area contributed by atoms with E-state index in [9.17, 15) is 24.3 Å². The summed E-state index contributed by atoms with van der Waals surface area (Å²) in [6.07, 6.45) is 7.09. The molecule has 9 nitrogen and oxygen atoms in total. The number of nitrogens with zero attached hydrogens (tertiary/aromatic N) is 2. The lowest BCUT2D eigenvalue weighted by Gasteiger charge is -2.54. The number of aryl methyl sites for hydroxylation is 1. The van der Waals surface area contributed by atoms with Crippen LogP contribution in [0.25, 0.3) is 0 Å². The summed E-state index contributed by atoms with van der Waals surface area (Å²) in [4.78, 5) is 55.0. The topological polar surface area (TPSA) is 116 Å². The molecule has 42 heavy (non-hydrogen) atoms. The molecular weight excluding hydrogens is 534 g/mol. The number of carboxylic acids is 1. The van der Waals surface area contributed by atoms with Crippen LogP contribution in [0, 0.1) is 17.8 Å². The van der Waals surface area contributed by atoms with E-state index in [1.807, 2.05) is 70.7 Å². The first kappa shape index (κ1) is 33.0. The van der Waals surface area contributed by atoms with Crippen molar-refractivity contribution in [1.82, 2.24) is 15.1 Å². The molecule has 4 atom stereocenters. The van der Waals surface area contributed by atoms with Crippen molar-refractivity contribution < 1.29 is 29.0 Å². The number of imide groups is 1. The summed E-state index contributed by atoms with van der Waals surface area (Å²) >= 11 is 0. The molecule has 1 heterocycles. The molecule has 1 saturated heterocycles. The molecule has 0 radical (unpaired) electrons. The molecule has 3 rings (SSSR count). The van der Waals surface area contributed by atoms with Crippen LogP contribution in [0.2, 0.25) is 0 Å². The molecule has 1 aromatic rings. The fraction of sp³-hybridized carbons (Fsp3) is 0.576. The molecule has 1 fully saturated rings. The number of hydrogen-bond donors (Lipinski definition) is 2. The largest absolute Gasteiger partial charge is 0.481 e. The maximum atomic E-state index is 13.7. The zero-order chi connectivity index (χ0) is 31.3. The third kappa shape index (κ3) is 5.51. The lowest BCUT2D eigenvalue weighted by Crippen LogP contribution is -2.72. The van der Waals surface area contributed by atoms with Gasteiger partial charge in [0, 0.05) is 6.42 Å². The van der Waals surface area contributed by atoms with Gasteiger partial charge in [0.25, 0.3) is 0 Å². The number of carboxylic acid groups (broad SMARTS) is 1. The van der Waals surface area contributed by atoms with Crippen LogP contribution < -0.4 is 5.32 Å². The number of hydrogen-bond acceptors (Lipinski definition) is 6. The average molecular weight is 582 g/mol. The minimum absolute atomic E-state index is 0.0651. The van der Waals surface area contributed by atoms with Gasteiger partial charge in [-0.15, -0.1) is 0 Å². The van der Waals surface area contributed by atoms with Crippen LogP contribution in [0.1, 0.15) is 90.8 Å². The van der Waals surface area contributed by atoms with Crippen LogP contribution >= 0.6 is 0 Å². The van der Waals surface area contributed by atoms with Crippen molar-refractivity contribution in [2.75, 3.05) is 13.1 Å². The standard InChI is InChI=1S/C33H47N3O6/c1-8-13-26(24-16-14-23(6)15-17-24)34-30(41)36-27(38)32(9-2,10-3)28(36)42-25-18-19-31(7,29(39)40)33(22-25,20-21-37)35(11-4)12-5/h14-19,21-22,26,28H,8-13,20H2,1-7H3,(H,34,41)(H,39,40)/t26-,28-,31-,33+/m0/s1. The van der Waals surface area contributed by atoms with Gasteiger partial charge in [-0.25, -0.2) is 9.69 Å². The molecule has 1 aromatic carbocycles. The Hall–Kier alpha value is -3.46. The minimum Gasteiger partial charge on any atom is -0.481 e. The maximum Gasteiger partial charge on any atom is 0.327 e. The van der Waals surface area contributed by atoms with E-state index >= 15 is 0 Å². The predicted octanol–water partition coefficient (Wildman–Crippen LogP) is 5.75. The summed E-state index contributed by atoms with van der Waals surface area (Å²) in [6, 6.07) is 7.17. The summed E-state index contributed by atoms with van der Waals surface area (Å²) in [6.45, 7) is 14.3. The number of nitrogens with one attached hydrogen (secondary N) is 1. The molecule has 230 valence electrons. The number of likely N-dealkylation sites (N-methyl/N-ethyl adjacent to an activating group) is 1. The van der Waals surface area contributed by atoms with Crippen molar-refractivity contribution in [3.63, 3.8) is 0 Å². The predicted molar refractivity (Wildman–Crippen MR) is 161 cm³/mol. The fourth-order valence-electron chi connectivity index (χ4n) is 6.55. The Labute approximate surface area is 250 Å². The van der Waals surface area contributed by atoms with E-state index in [0.717, 1.165) is 28.7 Å². The second kappa shape index (κ2) is 13.2. The third-order valence-corrected chi connectivity index (χ3v) is 9.46. The van der Waals surface area contributed by atoms with Crippen LogP contribution in [0.4, 0.5) is 4.79 Å². The monoisotopic (exact) mass is 581 g/mol. The first-order valence-electron chi connectivity index (χ1n) is 15.2. The van der Waals surface area contributed by atoms with Gasteiger partial charge in [0.15, 0.2) is 6.23 Å². The maximum absolute atomic E-state index is 13.7. The highest BCUT2D eigenvalue weighted by Gasteiger charge is 2.63. The Bertz CT molecular complexity index is 1220. The second-order valence-corrected chi connectivity index (χ2v) is 11.6. The van der Waals surface area contributed by atoms with Gasteiger partial charge >= 0.3 is 12.0 Å². The molecule has 2 aliphatic rings. The molecule has 9 heteroatoms. The normalized spacial score (nSPS) is 25.4. The van der Waals surface area contributed by atoms with Crippen molar-refractivity contribution in [2.45, 2.75) is 98.4 Å². The molecule has 1 aliphatic carbocycles. The van der Waals surface area contributed by atoms with Crippen molar-refractivity contribution in [3.05, 3.63) is 59.4 Å². The highest BCUT2D eigenvalue weighted by Crippen LogP contribution is 2.50. The van der Waals surface area contributed by atoms with Crippen LogP contribution in [0.5, 0.6) is 0 Å². The lowest BCUT2D eigenvalue weighted by molar-refractivity contribution is -0.201. The van der Waals surface area contributed by atoms with Gasteiger partial charge < -0.3 is 20.0 Å². The number of allylic oxidation sites excluding steroid dienone is 1. The molecular formula is C33H47N3O6. The molecule has 0 unspecified atom stereocenters. The first-order valence-corrected chi connectivity index (χ1v) is 15.2. The third-order valence-electron chi connectivity index (χ3n) is 9.46. The fourth-order valence-corrected chi connectivity index (χ4v) is 6.55. The van der Waals surface area contributed by atoms with E-state index in [1.165, 1.54) is 0 Å². The molecule has 0 aromatic heterocycles. The molecule has 0 saturated carbocycles. The smallest absolute Gasteiger partial charge is 0.327 e. The van der Waals surface area contributed by atoms with Crippen LogP contribution in [-0.2, 0) is 19.1 Å². The van der Waals surface area contributed by atoms with Crippen molar-refractivity contribution in [3.8, 4) is 0 Å². The zero-order valence-electron chi connectivity index (χ0n) is 26.1. The van der Waals surface area contributed by atoms with Gasteiger partial charge in [0.1, 0.15) is 22.9 Å². The number of aldehydes is 1.